The van der Waals surface area contributed by atoms with Gasteiger partial charge in [0.05, 0.1) is 6.54 Å². The van der Waals surface area contributed by atoms with Gasteiger partial charge in [-0.3, -0.25) is 9.89 Å². The molecule has 0 aromatic heterocycles. The van der Waals surface area contributed by atoms with Gasteiger partial charge in [-0.2, -0.15) is 0 Å². The molecule has 0 spiro atoms. The standard InChI is InChI=1S/C15H26N4/c1-5-19(6-2)13(4)11-17-15(16)18-14-9-7-8-12(3)10-14/h7-10,13H,5-6,11H2,1-4H3,(H3,16,17,18). The van der Waals surface area contributed by atoms with Crippen LogP contribution in [0.25, 0.3) is 0 Å². The first-order chi connectivity index (χ1) is 9.06. The second kappa shape index (κ2) is 7.79. The number of anilines is 1. The molecule has 1 unspecified atom stereocenters. The van der Waals surface area contributed by atoms with Crippen LogP contribution >= 0.6 is 0 Å². The lowest BCUT2D eigenvalue weighted by atomic mass is 10.2. The molecule has 106 valence electrons. The van der Waals surface area contributed by atoms with Crippen LogP contribution in [0.5, 0.6) is 0 Å². The molecule has 0 radical (unpaired) electrons. The first-order valence-electron chi connectivity index (χ1n) is 6.94. The second-order valence-corrected chi connectivity index (χ2v) is 4.79. The number of nitrogens with two attached hydrogens (primary N) is 1. The summed E-state index contributed by atoms with van der Waals surface area (Å²) in [5.74, 6) is 0.476. The Kier molecular flexibility index (Phi) is 6.36. The molecule has 0 aliphatic carbocycles. The van der Waals surface area contributed by atoms with Gasteiger partial charge in [0.1, 0.15) is 0 Å². The van der Waals surface area contributed by atoms with E-state index in [-0.39, 0.29) is 0 Å². The molecule has 0 bridgehead atoms. The fraction of sp³-hybridized carbons (Fsp3) is 0.533. The van der Waals surface area contributed by atoms with Gasteiger partial charge in [0.15, 0.2) is 5.96 Å². The van der Waals surface area contributed by atoms with Crippen molar-refractivity contribution >= 4 is 11.6 Å². The average molecular weight is 262 g/mol. The monoisotopic (exact) mass is 262 g/mol. The first-order valence-corrected chi connectivity index (χ1v) is 6.94. The number of hydrogen-bond donors (Lipinski definition) is 2. The maximum atomic E-state index is 5.91. The van der Waals surface area contributed by atoms with E-state index in [9.17, 15) is 0 Å². The summed E-state index contributed by atoms with van der Waals surface area (Å²) in [6.45, 7) is 11.4. The molecule has 1 atom stereocenters. The number of hydrogen-bond acceptors (Lipinski definition) is 2. The van der Waals surface area contributed by atoms with Crippen molar-refractivity contribution in [1.82, 2.24) is 4.90 Å². The molecule has 0 saturated carbocycles. The smallest absolute Gasteiger partial charge is 0.193 e. The lowest BCUT2D eigenvalue weighted by Gasteiger charge is -2.24. The van der Waals surface area contributed by atoms with Crippen molar-refractivity contribution in [3.8, 4) is 0 Å². The van der Waals surface area contributed by atoms with Crippen molar-refractivity contribution in [3.63, 3.8) is 0 Å². The summed E-state index contributed by atoms with van der Waals surface area (Å²) in [6.07, 6.45) is 0. The van der Waals surface area contributed by atoms with Crippen molar-refractivity contribution in [1.29, 1.82) is 0 Å². The molecule has 4 nitrogen and oxygen atoms in total. The van der Waals surface area contributed by atoms with Gasteiger partial charge in [0, 0.05) is 11.7 Å². The highest BCUT2D eigenvalue weighted by Gasteiger charge is 2.08. The van der Waals surface area contributed by atoms with E-state index >= 15 is 0 Å². The van der Waals surface area contributed by atoms with Crippen LogP contribution in [0.3, 0.4) is 0 Å². The van der Waals surface area contributed by atoms with Crippen molar-refractivity contribution in [2.75, 3.05) is 25.0 Å². The Morgan fingerprint density at radius 3 is 2.63 bits per heavy atom. The summed E-state index contributed by atoms with van der Waals surface area (Å²) in [6, 6.07) is 8.51. The van der Waals surface area contributed by atoms with Crippen LogP contribution in [0.1, 0.15) is 26.3 Å². The zero-order chi connectivity index (χ0) is 14.3. The number of aryl methyl sites for hydroxylation is 1. The lowest BCUT2D eigenvalue weighted by Crippen LogP contribution is -2.36. The molecular formula is C15H26N4. The molecule has 0 heterocycles. The first kappa shape index (κ1) is 15.5. The molecule has 0 fully saturated rings. The summed E-state index contributed by atoms with van der Waals surface area (Å²) < 4.78 is 0. The maximum absolute atomic E-state index is 5.91. The minimum Gasteiger partial charge on any atom is -0.370 e. The molecule has 0 aliphatic rings. The van der Waals surface area contributed by atoms with Crippen LogP contribution < -0.4 is 11.1 Å². The van der Waals surface area contributed by atoms with Gasteiger partial charge in [-0.25, -0.2) is 0 Å². The Bertz CT molecular complexity index is 410. The molecule has 3 N–H and O–H groups in total. The highest BCUT2D eigenvalue weighted by molar-refractivity contribution is 5.92. The summed E-state index contributed by atoms with van der Waals surface area (Å²) in [4.78, 5) is 6.77. The zero-order valence-corrected chi connectivity index (χ0v) is 12.5. The third kappa shape index (κ3) is 5.30. The normalized spacial score (nSPS) is 13.6. The largest absolute Gasteiger partial charge is 0.370 e. The van der Waals surface area contributed by atoms with Gasteiger partial charge >= 0.3 is 0 Å². The molecular weight excluding hydrogens is 236 g/mol. The van der Waals surface area contributed by atoms with Crippen LogP contribution in [0.4, 0.5) is 5.69 Å². The Morgan fingerprint density at radius 1 is 1.37 bits per heavy atom. The van der Waals surface area contributed by atoms with Gasteiger partial charge in [0.25, 0.3) is 0 Å². The van der Waals surface area contributed by atoms with E-state index in [0.29, 0.717) is 18.5 Å². The minimum absolute atomic E-state index is 0.410. The maximum Gasteiger partial charge on any atom is 0.193 e. The van der Waals surface area contributed by atoms with Crippen molar-refractivity contribution in [3.05, 3.63) is 29.8 Å². The molecule has 1 aromatic carbocycles. The highest BCUT2D eigenvalue weighted by atomic mass is 15.2. The SMILES string of the molecule is CCN(CC)C(C)CN=C(N)Nc1cccc(C)c1. The molecule has 0 amide bonds. The molecule has 19 heavy (non-hydrogen) atoms. The molecule has 0 saturated heterocycles. The Labute approximate surface area is 116 Å². The summed E-state index contributed by atoms with van der Waals surface area (Å²) in [5.41, 5.74) is 8.09. The number of nitrogens with zero attached hydrogens (tertiary/aromatic N) is 2. The Hall–Kier alpha value is -1.55. The predicted molar refractivity (Wildman–Crippen MR) is 83.7 cm³/mol. The topological polar surface area (TPSA) is 53.6 Å². The predicted octanol–water partition coefficient (Wildman–Crippen LogP) is 2.45. The van der Waals surface area contributed by atoms with Crippen molar-refractivity contribution in [2.24, 2.45) is 10.7 Å². The number of nitrogens with one attached hydrogen (secondary N) is 1. The highest BCUT2D eigenvalue weighted by Crippen LogP contribution is 2.08. The number of benzene rings is 1. The molecule has 1 rings (SSSR count). The van der Waals surface area contributed by atoms with Gasteiger partial charge in [-0.1, -0.05) is 26.0 Å². The van der Waals surface area contributed by atoms with E-state index in [1.165, 1.54) is 5.56 Å². The summed E-state index contributed by atoms with van der Waals surface area (Å²) in [7, 11) is 0. The average Bonchev–Trinajstić information content (AvgIpc) is 2.38. The van der Waals surface area contributed by atoms with Crippen molar-refractivity contribution in [2.45, 2.75) is 33.7 Å². The quantitative estimate of drug-likeness (QED) is 0.611. The zero-order valence-electron chi connectivity index (χ0n) is 12.5. The van der Waals surface area contributed by atoms with Gasteiger partial charge in [-0.05, 0) is 44.6 Å². The molecule has 0 aliphatic heterocycles. The Balaban J connectivity index is 2.53. The van der Waals surface area contributed by atoms with E-state index in [4.69, 9.17) is 5.73 Å². The molecule has 4 heteroatoms. The van der Waals surface area contributed by atoms with Crippen LogP contribution in [0.2, 0.25) is 0 Å². The van der Waals surface area contributed by atoms with Gasteiger partial charge in [-0.15, -0.1) is 0 Å². The van der Waals surface area contributed by atoms with E-state index in [1.54, 1.807) is 0 Å². The number of aliphatic imine (C=N–C) groups is 1. The lowest BCUT2D eigenvalue weighted by molar-refractivity contribution is 0.237. The summed E-state index contributed by atoms with van der Waals surface area (Å²) in [5, 5.41) is 3.12. The number of likely N-dealkylation sites (N-methyl/N-ethyl adjacent to an activating group) is 1. The fourth-order valence-corrected chi connectivity index (χ4v) is 2.10. The fourth-order valence-electron chi connectivity index (χ4n) is 2.10. The van der Waals surface area contributed by atoms with E-state index in [0.717, 1.165) is 18.8 Å². The summed E-state index contributed by atoms with van der Waals surface area (Å²) >= 11 is 0. The van der Waals surface area contributed by atoms with Crippen molar-refractivity contribution < 1.29 is 0 Å². The second-order valence-electron chi connectivity index (χ2n) is 4.79. The third-order valence-corrected chi connectivity index (χ3v) is 3.25. The van der Waals surface area contributed by atoms with Crippen LogP contribution in [0, 0.1) is 6.92 Å². The molecule has 1 aromatic rings. The number of guanidine groups is 1. The minimum atomic E-state index is 0.410. The third-order valence-electron chi connectivity index (χ3n) is 3.25. The van der Waals surface area contributed by atoms with E-state index in [1.807, 2.05) is 12.1 Å². The van der Waals surface area contributed by atoms with Crippen LogP contribution in [0.15, 0.2) is 29.3 Å². The van der Waals surface area contributed by atoms with Crippen LogP contribution in [-0.4, -0.2) is 36.5 Å². The van der Waals surface area contributed by atoms with E-state index < -0.39 is 0 Å². The van der Waals surface area contributed by atoms with E-state index in [2.05, 4.69) is 55.0 Å². The van der Waals surface area contributed by atoms with Crippen LogP contribution in [-0.2, 0) is 0 Å². The Morgan fingerprint density at radius 2 is 2.05 bits per heavy atom. The number of rotatable bonds is 6. The van der Waals surface area contributed by atoms with Gasteiger partial charge in [0.2, 0.25) is 0 Å². The van der Waals surface area contributed by atoms with Gasteiger partial charge < -0.3 is 11.1 Å².